The quantitative estimate of drug-likeness (QED) is 0.731. The average Bonchev–Trinajstić information content (AvgIpc) is 2.60. The SMILES string of the molecule is COc1cccc(-c2nc3ccccc3c(C)c2C#N)c1OC. The second-order valence-electron chi connectivity index (χ2n) is 5.13. The smallest absolute Gasteiger partial charge is 0.170 e. The van der Waals surface area contributed by atoms with Gasteiger partial charge >= 0.3 is 0 Å². The predicted octanol–water partition coefficient (Wildman–Crippen LogP) is 4.10. The zero-order valence-electron chi connectivity index (χ0n) is 13.3. The molecule has 3 aromatic rings. The Balaban J connectivity index is 2.39. The number of fused-ring (bicyclic) bond motifs is 1. The summed E-state index contributed by atoms with van der Waals surface area (Å²) in [6.45, 7) is 1.94. The number of hydrogen-bond donors (Lipinski definition) is 0. The average molecular weight is 304 g/mol. The maximum absolute atomic E-state index is 9.65. The van der Waals surface area contributed by atoms with Gasteiger partial charge in [-0.1, -0.05) is 24.3 Å². The molecule has 0 atom stereocenters. The first-order valence-corrected chi connectivity index (χ1v) is 7.22. The summed E-state index contributed by atoms with van der Waals surface area (Å²) in [5.41, 5.74) is 3.67. The lowest BCUT2D eigenvalue weighted by atomic mass is 9.98. The number of nitrogens with zero attached hydrogens (tertiary/aromatic N) is 2. The highest BCUT2D eigenvalue weighted by molar-refractivity contribution is 5.89. The van der Waals surface area contributed by atoms with Crippen molar-refractivity contribution in [3.63, 3.8) is 0 Å². The molecule has 0 aliphatic carbocycles. The van der Waals surface area contributed by atoms with Crippen LogP contribution in [0.5, 0.6) is 11.5 Å². The number of nitriles is 1. The highest BCUT2D eigenvalue weighted by Gasteiger charge is 2.19. The molecule has 3 rings (SSSR count). The van der Waals surface area contributed by atoms with E-state index in [-0.39, 0.29) is 0 Å². The number of benzene rings is 2. The normalized spacial score (nSPS) is 10.3. The topological polar surface area (TPSA) is 55.1 Å². The van der Waals surface area contributed by atoms with E-state index in [0.717, 1.165) is 22.0 Å². The molecule has 0 saturated heterocycles. The molecule has 0 saturated carbocycles. The maximum atomic E-state index is 9.65. The van der Waals surface area contributed by atoms with Crippen molar-refractivity contribution in [1.29, 1.82) is 5.26 Å². The van der Waals surface area contributed by atoms with Crippen molar-refractivity contribution in [3.8, 4) is 28.8 Å². The van der Waals surface area contributed by atoms with Gasteiger partial charge in [-0.15, -0.1) is 0 Å². The first-order chi connectivity index (χ1) is 11.2. The Bertz CT molecular complexity index is 927. The first kappa shape index (κ1) is 14.9. The molecule has 4 nitrogen and oxygen atoms in total. The summed E-state index contributed by atoms with van der Waals surface area (Å²) in [7, 11) is 3.17. The van der Waals surface area contributed by atoms with E-state index in [1.165, 1.54) is 0 Å². The summed E-state index contributed by atoms with van der Waals surface area (Å²) in [4.78, 5) is 4.70. The third kappa shape index (κ3) is 2.36. The van der Waals surface area contributed by atoms with Gasteiger partial charge < -0.3 is 9.47 Å². The zero-order chi connectivity index (χ0) is 16.4. The van der Waals surface area contributed by atoms with E-state index >= 15 is 0 Å². The summed E-state index contributed by atoms with van der Waals surface area (Å²) >= 11 is 0. The molecule has 0 unspecified atom stereocenters. The van der Waals surface area contributed by atoms with Crippen LogP contribution in [0.25, 0.3) is 22.2 Å². The van der Waals surface area contributed by atoms with Gasteiger partial charge in [0.2, 0.25) is 0 Å². The molecule has 2 aromatic carbocycles. The summed E-state index contributed by atoms with van der Waals surface area (Å²) in [5.74, 6) is 1.19. The van der Waals surface area contributed by atoms with Crippen molar-refractivity contribution in [3.05, 3.63) is 53.6 Å². The second-order valence-corrected chi connectivity index (χ2v) is 5.13. The Hall–Kier alpha value is -3.06. The summed E-state index contributed by atoms with van der Waals surface area (Å²) < 4.78 is 10.9. The lowest BCUT2D eigenvalue weighted by Crippen LogP contribution is -1.99. The van der Waals surface area contributed by atoms with Crippen LogP contribution in [0.3, 0.4) is 0 Å². The van der Waals surface area contributed by atoms with Crippen LogP contribution in [0.15, 0.2) is 42.5 Å². The molecule has 1 aromatic heterocycles. The van der Waals surface area contributed by atoms with Gasteiger partial charge in [-0.2, -0.15) is 5.26 Å². The van der Waals surface area contributed by atoms with Crippen LogP contribution in [0.2, 0.25) is 0 Å². The highest BCUT2D eigenvalue weighted by Crippen LogP contribution is 2.39. The fraction of sp³-hybridized carbons (Fsp3) is 0.158. The molecular weight excluding hydrogens is 288 g/mol. The van der Waals surface area contributed by atoms with E-state index in [1.54, 1.807) is 14.2 Å². The van der Waals surface area contributed by atoms with Crippen molar-refractivity contribution in [1.82, 2.24) is 4.98 Å². The Morgan fingerprint density at radius 1 is 1.00 bits per heavy atom. The van der Waals surface area contributed by atoms with Gasteiger partial charge in [-0.05, 0) is 30.7 Å². The van der Waals surface area contributed by atoms with Crippen molar-refractivity contribution >= 4 is 10.9 Å². The van der Waals surface area contributed by atoms with Gasteiger partial charge in [0.25, 0.3) is 0 Å². The van der Waals surface area contributed by atoms with Crippen molar-refractivity contribution in [2.45, 2.75) is 6.92 Å². The molecule has 23 heavy (non-hydrogen) atoms. The van der Waals surface area contributed by atoms with E-state index in [4.69, 9.17) is 14.5 Å². The monoisotopic (exact) mass is 304 g/mol. The van der Waals surface area contributed by atoms with Gasteiger partial charge in [0.1, 0.15) is 6.07 Å². The molecule has 0 radical (unpaired) electrons. The lowest BCUT2D eigenvalue weighted by Gasteiger charge is -2.15. The lowest BCUT2D eigenvalue weighted by molar-refractivity contribution is 0.356. The Kier molecular flexibility index (Phi) is 3.86. The minimum absolute atomic E-state index is 0.551. The number of para-hydroxylation sites is 2. The molecule has 0 aliphatic rings. The second kappa shape index (κ2) is 5.98. The fourth-order valence-electron chi connectivity index (χ4n) is 2.78. The molecule has 0 fully saturated rings. The molecule has 0 aliphatic heterocycles. The van der Waals surface area contributed by atoms with Crippen LogP contribution in [0.1, 0.15) is 11.1 Å². The summed E-state index contributed by atoms with van der Waals surface area (Å²) in [6.07, 6.45) is 0. The number of pyridine rings is 1. The van der Waals surface area contributed by atoms with E-state index < -0.39 is 0 Å². The molecule has 1 heterocycles. The Labute approximate surface area is 134 Å². The molecule has 4 heteroatoms. The van der Waals surface area contributed by atoms with Gasteiger partial charge in [0.05, 0.1) is 31.0 Å². The largest absolute Gasteiger partial charge is 0.493 e. The molecular formula is C19H16N2O2. The highest BCUT2D eigenvalue weighted by atomic mass is 16.5. The molecule has 114 valence electrons. The molecule has 0 spiro atoms. The van der Waals surface area contributed by atoms with E-state index in [2.05, 4.69) is 6.07 Å². The van der Waals surface area contributed by atoms with Crippen molar-refractivity contribution in [2.24, 2.45) is 0 Å². The fourth-order valence-corrected chi connectivity index (χ4v) is 2.78. The van der Waals surface area contributed by atoms with Crippen LogP contribution in [-0.4, -0.2) is 19.2 Å². The van der Waals surface area contributed by atoms with Crippen LogP contribution in [0.4, 0.5) is 0 Å². The number of methoxy groups -OCH3 is 2. The zero-order valence-corrected chi connectivity index (χ0v) is 13.3. The number of hydrogen-bond acceptors (Lipinski definition) is 4. The van der Waals surface area contributed by atoms with Crippen molar-refractivity contribution < 1.29 is 9.47 Å². The summed E-state index contributed by atoms with van der Waals surface area (Å²) in [5, 5.41) is 10.6. The first-order valence-electron chi connectivity index (χ1n) is 7.22. The van der Waals surface area contributed by atoms with Crippen LogP contribution >= 0.6 is 0 Å². The number of rotatable bonds is 3. The minimum Gasteiger partial charge on any atom is -0.493 e. The predicted molar refractivity (Wildman–Crippen MR) is 89.7 cm³/mol. The standard InChI is InChI=1S/C19H16N2O2/c1-12-13-7-4-5-9-16(13)21-18(15(12)11-20)14-8-6-10-17(22-2)19(14)23-3/h4-10H,1-3H3. The molecule has 0 amide bonds. The summed E-state index contributed by atoms with van der Waals surface area (Å²) in [6, 6.07) is 15.7. The third-order valence-corrected chi connectivity index (χ3v) is 3.92. The number of ether oxygens (including phenoxy) is 2. The molecule has 0 bridgehead atoms. The van der Waals surface area contributed by atoms with Crippen LogP contribution in [0, 0.1) is 18.3 Å². The minimum atomic E-state index is 0.551. The third-order valence-electron chi connectivity index (χ3n) is 3.92. The Morgan fingerprint density at radius 2 is 1.78 bits per heavy atom. The van der Waals surface area contributed by atoms with E-state index in [1.807, 2.05) is 49.4 Å². The van der Waals surface area contributed by atoms with Gasteiger partial charge in [-0.25, -0.2) is 4.98 Å². The molecule has 0 N–H and O–H groups in total. The van der Waals surface area contributed by atoms with Gasteiger partial charge in [0, 0.05) is 10.9 Å². The number of aromatic nitrogens is 1. The number of aryl methyl sites for hydroxylation is 1. The van der Waals surface area contributed by atoms with Gasteiger partial charge in [-0.3, -0.25) is 0 Å². The maximum Gasteiger partial charge on any atom is 0.170 e. The van der Waals surface area contributed by atoms with E-state index in [9.17, 15) is 5.26 Å². The Morgan fingerprint density at radius 3 is 2.48 bits per heavy atom. The van der Waals surface area contributed by atoms with Crippen LogP contribution < -0.4 is 9.47 Å². The van der Waals surface area contributed by atoms with Crippen LogP contribution in [-0.2, 0) is 0 Å². The van der Waals surface area contributed by atoms with E-state index in [0.29, 0.717) is 22.8 Å². The van der Waals surface area contributed by atoms with Crippen molar-refractivity contribution in [2.75, 3.05) is 14.2 Å². The van der Waals surface area contributed by atoms with Gasteiger partial charge in [0.15, 0.2) is 11.5 Å².